The number of benzene rings is 1. The molecule has 3 nitrogen and oxygen atoms in total. The second kappa shape index (κ2) is 6.40. The van der Waals surface area contributed by atoms with E-state index in [0.717, 1.165) is 45.0 Å². The minimum absolute atomic E-state index is 0.236. The molecule has 1 aliphatic heterocycles. The van der Waals surface area contributed by atoms with E-state index < -0.39 is 0 Å². The summed E-state index contributed by atoms with van der Waals surface area (Å²) in [7, 11) is 0. The van der Waals surface area contributed by atoms with Gasteiger partial charge in [0.25, 0.3) is 0 Å². The molecule has 1 aromatic carbocycles. The normalized spacial score (nSPS) is 16.6. The topological polar surface area (TPSA) is 24.5 Å². The van der Waals surface area contributed by atoms with Crippen molar-refractivity contribution in [2.75, 3.05) is 26.2 Å². The Kier molecular flexibility index (Phi) is 4.83. The number of hydrogen-bond donors (Lipinski definition) is 1. The van der Waals surface area contributed by atoms with Crippen LogP contribution in [0.2, 0.25) is 0 Å². The average molecular weight is 262 g/mol. The van der Waals surface area contributed by atoms with Gasteiger partial charge < -0.3 is 10.1 Å². The van der Waals surface area contributed by atoms with Crippen molar-refractivity contribution in [2.45, 2.75) is 39.3 Å². The molecule has 0 saturated heterocycles. The Bertz CT molecular complexity index is 403. The molecule has 1 aliphatic rings. The summed E-state index contributed by atoms with van der Waals surface area (Å²) in [5, 5.41) is 3.62. The fourth-order valence-corrected chi connectivity index (χ4v) is 2.25. The molecular formula is C16H26N2O. The van der Waals surface area contributed by atoms with Crippen LogP contribution in [0.1, 0.15) is 32.8 Å². The molecule has 0 bridgehead atoms. The third kappa shape index (κ3) is 4.22. The molecule has 1 heterocycles. The lowest BCUT2D eigenvalue weighted by Crippen LogP contribution is -2.43. The number of nitrogens with one attached hydrogen (secondary N) is 1. The Hall–Kier alpha value is -1.06. The number of rotatable bonds is 5. The van der Waals surface area contributed by atoms with Crippen molar-refractivity contribution < 1.29 is 4.74 Å². The maximum Gasteiger partial charge on any atom is 0.123 e. The highest BCUT2D eigenvalue weighted by Gasteiger charge is 2.17. The number of para-hydroxylation sites is 1. The summed E-state index contributed by atoms with van der Waals surface area (Å²) >= 11 is 0. The Morgan fingerprint density at radius 2 is 2.11 bits per heavy atom. The number of hydrogen-bond acceptors (Lipinski definition) is 3. The van der Waals surface area contributed by atoms with E-state index in [1.54, 1.807) is 0 Å². The summed E-state index contributed by atoms with van der Waals surface area (Å²) in [6, 6.07) is 8.36. The van der Waals surface area contributed by atoms with E-state index in [4.69, 9.17) is 4.74 Å². The summed E-state index contributed by atoms with van der Waals surface area (Å²) in [5.74, 6) is 1.05. The molecule has 1 aromatic rings. The van der Waals surface area contributed by atoms with Crippen LogP contribution in [0.5, 0.6) is 5.75 Å². The van der Waals surface area contributed by atoms with E-state index in [0.29, 0.717) is 0 Å². The number of fused-ring (bicyclic) bond motifs is 1. The standard InChI is InChI=1S/C16H26N2O/c1-4-16(2,3)17-9-10-18-11-12-19-15-8-6-5-7-14(15)13-18/h5-8,17H,4,9-13H2,1-3H3. The third-order valence-corrected chi connectivity index (χ3v) is 3.95. The summed E-state index contributed by atoms with van der Waals surface area (Å²) in [4.78, 5) is 2.46. The van der Waals surface area contributed by atoms with E-state index in [1.165, 1.54) is 5.56 Å². The number of nitrogens with zero attached hydrogens (tertiary/aromatic N) is 1. The van der Waals surface area contributed by atoms with Crippen LogP contribution in [0.4, 0.5) is 0 Å². The van der Waals surface area contributed by atoms with Crippen LogP contribution in [-0.2, 0) is 6.54 Å². The van der Waals surface area contributed by atoms with Gasteiger partial charge in [0.1, 0.15) is 12.4 Å². The highest BCUT2D eigenvalue weighted by atomic mass is 16.5. The van der Waals surface area contributed by atoms with Crippen LogP contribution < -0.4 is 10.1 Å². The first kappa shape index (κ1) is 14.4. The Labute approximate surface area is 116 Å². The lowest BCUT2D eigenvalue weighted by Gasteiger charge is -2.27. The van der Waals surface area contributed by atoms with Gasteiger partial charge in [-0.2, -0.15) is 0 Å². The van der Waals surface area contributed by atoms with E-state index in [2.05, 4.69) is 49.2 Å². The van der Waals surface area contributed by atoms with Crippen LogP contribution in [0.25, 0.3) is 0 Å². The minimum Gasteiger partial charge on any atom is -0.492 e. The quantitative estimate of drug-likeness (QED) is 0.883. The van der Waals surface area contributed by atoms with Gasteiger partial charge >= 0.3 is 0 Å². The third-order valence-electron chi connectivity index (χ3n) is 3.95. The van der Waals surface area contributed by atoms with E-state index >= 15 is 0 Å². The monoisotopic (exact) mass is 262 g/mol. The van der Waals surface area contributed by atoms with E-state index in [1.807, 2.05) is 6.07 Å². The van der Waals surface area contributed by atoms with Crippen LogP contribution in [0.15, 0.2) is 24.3 Å². The molecule has 0 unspecified atom stereocenters. The fourth-order valence-electron chi connectivity index (χ4n) is 2.25. The number of ether oxygens (including phenoxy) is 1. The highest BCUT2D eigenvalue weighted by molar-refractivity contribution is 5.33. The predicted molar refractivity (Wildman–Crippen MR) is 79.6 cm³/mol. The zero-order valence-corrected chi connectivity index (χ0v) is 12.4. The lowest BCUT2D eigenvalue weighted by atomic mass is 10.0. The largest absolute Gasteiger partial charge is 0.492 e. The predicted octanol–water partition coefficient (Wildman–Crippen LogP) is 2.66. The SMILES string of the molecule is CCC(C)(C)NCCN1CCOc2ccccc2C1. The Morgan fingerprint density at radius 1 is 1.32 bits per heavy atom. The first-order valence-corrected chi connectivity index (χ1v) is 7.29. The van der Waals surface area contributed by atoms with Gasteiger partial charge in [0.05, 0.1) is 0 Å². The summed E-state index contributed by atoms with van der Waals surface area (Å²) in [6.07, 6.45) is 1.15. The zero-order valence-electron chi connectivity index (χ0n) is 12.4. The van der Waals surface area contributed by atoms with Gasteiger partial charge in [-0.25, -0.2) is 0 Å². The average Bonchev–Trinajstić information content (AvgIpc) is 2.60. The Balaban J connectivity index is 1.86. The van der Waals surface area contributed by atoms with E-state index in [-0.39, 0.29) is 5.54 Å². The maximum atomic E-state index is 5.79. The van der Waals surface area contributed by atoms with Gasteiger partial charge in [0, 0.05) is 37.3 Å². The molecule has 0 aromatic heterocycles. The molecule has 19 heavy (non-hydrogen) atoms. The van der Waals surface area contributed by atoms with Crippen molar-refractivity contribution in [2.24, 2.45) is 0 Å². The van der Waals surface area contributed by atoms with Crippen molar-refractivity contribution in [3.63, 3.8) is 0 Å². The molecule has 0 amide bonds. The molecular weight excluding hydrogens is 236 g/mol. The Morgan fingerprint density at radius 3 is 2.89 bits per heavy atom. The summed E-state index contributed by atoms with van der Waals surface area (Å²) < 4.78 is 5.79. The second-order valence-corrected chi connectivity index (χ2v) is 5.90. The maximum absolute atomic E-state index is 5.79. The molecule has 0 atom stereocenters. The molecule has 0 saturated carbocycles. The summed E-state index contributed by atoms with van der Waals surface area (Å²) in [6.45, 7) is 11.6. The molecule has 0 radical (unpaired) electrons. The van der Waals surface area contributed by atoms with Crippen molar-refractivity contribution >= 4 is 0 Å². The summed E-state index contributed by atoms with van der Waals surface area (Å²) in [5.41, 5.74) is 1.54. The smallest absolute Gasteiger partial charge is 0.123 e. The molecule has 0 fully saturated rings. The van der Waals surface area contributed by atoms with Gasteiger partial charge in [-0.05, 0) is 26.3 Å². The van der Waals surface area contributed by atoms with Crippen LogP contribution in [0.3, 0.4) is 0 Å². The first-order valence-electron chi connectivity index (χ1n) is 7.29. The molecule has 3 heteroatoms. The van der Waals surface area contributed by atoms with Crippen molar-refractivity contribution in [3.05, 3.63) is 29.8 Å². The van der Waals surface area contributed by atoms with Crippen LogP contribution in [-0.4, -0.2) is 36.7 Å². The fraction of sp³-hybridized carbons (Fsp3) is 0.625. The molecule has 1 N–H and O–H groups in total. The van der Waals surface area contributed by atoms with Gasteiger partial charge in [0.15, 0.2) is 0 Å². The zero-order chi connectivity index (χ0) is 13.7. The molecule has 2 rings (SSSR count). The van der Waals surface area contributed by atoms with Crippen LogP contribution in [0, 0.1) is 0 Å². The van der Waals surface area contributed by atoms with Gasteiger partial charge in [-0.3, -0.25) is 4.90 Å². The van der Waals surface area contributed by atoms with Crippen LogP contribution >= 0.6 is 0 Å². The highest BCUT2D eigenvalue weighted by Crippen LogP contribution is 2.22. The molecule has 106 valence electrons. The van der Waals surface area contributed by atoms with Crippen molar-refractivity contribution in [1.29, 1.82) is 0 Å². The lowest BCUT2D eigenvalue weighted by molar-refractivity contribution is 0.218. The minimum atomic E-state index is 0.236. The first-order chi connectivity index (χ1) is 9.11. The molecule has 0 spiro atoms. The molecule has 0 aliphatic carbocycles. The van der Waals surface area contributed by atoms with Gasteiger partial charge in [-0.15, -0.1) is 0 Å². The van der Waals surface area contributed by atoms with Crippen molar-refractivity contribution in [1.82, 2.24) is 10.2 Å². The second-order valence-electron chi connectivity index (χ2n) is 5.90. The van der Waals surface area contributed by atoms with E-state index in [9.17, 15) is 0 Å². The van der Waals surface area contributed by atoms with Gasteiger partial charge in [0.2, 0.25) is 0 Å². The van der Waals surface area contributed by atoms with Crippen molar-refractivity contribution in [3.8, 4) is 5.75 Å². The van der Waals surface area contributed by atoms with Gasteiger partial charge in [-0.1, -0.05) is 25.1 Å².